The Kier molecular flexibility index (Phi) is 5.10. The van der Waals surface area contributed by atoms with Gasteiger partial charge in [-0.2, -0.15) is 0 Å². The second-order valence-corrected chi connectivity index (χ2v) is 7.72. The van der Waals surface area contributed by atoms with E-state index in [1.807, 2.05) is 13.0 Å². The van der Waals surface area contributed by atoms with Crippen LogP contribution in [0.1, 0.15) is 16.9 Å². The molecule has 0 unspecified atom stereocenters. The fourth-order valence-corrected chi connectivity index (χ4v) is 3.82. The Morgan fingerprint density at radius 3 is 2.69 bits per heavy atom. The van der Waals surface area contributed by atoms with Crippen molar-refractivity contribution in [1.29, 1.82) is 0 Å². The number of aromatic nitrogens is 3. The molecule has 0 atom stereocenters. The minimum Gasteiger partial charge on any atom is -0.501 e. The molecule has 0 saturated carbocycles. The molecule has 3 aromatic heterocycles. The van der Waals surface area contributed by atoms with Gasteiger partial charge in [0.1, 0.15) is 17.2 Å². The van der Waals surface area contributed by atoms with Crippen LogP contribution in [0.2, 0.25) is 0 Å². The molecular formula is C23H21FN4O4. The Hall–Kier alpha value is -3.72. The van der Waals surface area contributed by atoms with Crippen LogP contribution >= 0.6 is 0 Å². The van der Waals surface area contributed by atoms with Gasteiger partial charge < -0.3 is 19.2 Å². The van der Waals surface area contributed by atoms with Crippen molar-refractivity contribution in [3.05, 3.63) is 75.8 Å². The summed E-state index contributed by atoms with van der Waals surface area (Å²) in [5, 5.41) is 10.6. The van der Waals surface area contributed by atoms with Crippen LogP contribution in [0.5, 0.6) is 5.75 Å². The average molecular weight is 436 g/mol. The summed E-state index contributed by atoms with van der Waals surface area (Å²) in [5.74, 6) is -0.288. The maximum atomic E-state index is 13.1. The number of nitrogens with zero attached hydrogens (tertiary/aromatic N) is 4. The summed E-state index contributed by atoms with van der Waals surface area (Å²) < 4.78 is 25.6. The number of halogens is 1. The number of morpholine rings is 1. The van der Waals surface area contributed by atoms with E-state index < -0.39 is 11.3 Å². The molecule has 1 aliphatic heterocycles. The van der Waals surface area contributed by atoms with Gasteiger partial charge in [0.2, 0.25) is 11.6 Å². The highest BCUT2D eigenvalue weighted by Crippen LogP contribution is 2.27. The van der Waals surface area contributed by atoms with Crippen LogP contribution in [-0.4, -0.2) is 45.8 Å². The molecular weight excluding hydrogens is 415 g/mol. The third-order valence-electron chi connectivity index (χ3n) is 5.49. The molecule has 4 heterocycles. The van der Waals surface area contributed by atoms with Crippen LogP contribution in [0, 0.1) is 12.7 Å². The van der Waals surface area contributed by atoms with E-state index >= 15 is 0 Å². The molecule has 164 valence electrons. The molecule has 32 heavy (non-hydrogen) atoms. The van der Waals surface area contributed by atoms with Crippen molar-refractivity contribution in [2.75, 3.05) is 31.2 Å². The van der Waals surface area contributed by atoms with Gasteiger partial charge in [0.25, 0.3) is 0 Å². The van der Waals surface area contributed by atoms with E-state index in [1.165, 1.54) is 22.7 Å². The maximum absolute atomic E-state index is 13.1. The van der Waals surface area contributed by atoms with Crippen LogP contribution in [0.3, 0.4) is 0 Å². The van der Waals surface area contributed by atoms with Crippen molar-refractivity contribution in [3.8, 4) is 17.3 Å². The van der Waals surface area contributed by atoms with E-state index in [4.69, 9.17) is 9.15 Å². The predicted molar refractivity (Wildman–Crippen MR) is 116 cm³/mol. The Balaban J connectivity index is 1.52. The zero-order valence-corrected chi connectivity index (χ0v) is 17.4. The molecule has 5 rings (SSSR count). The molecule has 0 aliphatic carbocycles. The van der Waals surface area contributed by atoms with Crippen LogP contribution in [0.25, 0.3) is 17.2 Å². The number of hydrogen-bond acceptors (Lipinski definition) is 7. The van der Waals surface area contributed by atoms with E-state index in [1.54, 1.807) is 18.3 Å². The van der Waals surface area contributed by atoms with E-state index in [0.29, 0.717) is 31.0 Å². The molecule has 9 heteroatoms. The zero-order chi connectivity index (χ0) is 22.2. The lowest BCUT2D eigenvalue weighted by molar-refractivity contribution is 0.122. The quantitative estimate of drug-likeness (QED) is 0.526. The topological polar surface area (TPSA) is 93.1 Å². The number of pyridine rings is 1. The van der Waals surface area contributed by atoms with Gasteiger partial charge in [-0.25, -0.2) is 14.4 Å². The van der Waals surface area contributed by atoms with Crippen molar-refractivity contribution in [1.82, 2.24) is 14.4 Å². The van der Waals surface area contributed by atoms with Gasteiger partial charge in [-0.1, -0.05) is 12.1 Å². The average Bonchev–Trinajstić information content (AvgIpc) is 3.26. The second-order valence-electron chi connectivity index (χ2n) is 7.72. The SMILES string of the molecule is Cc1cc(N2CCOCC2)cn2c(=O)c(O)c(-c3ncc(Cc4ccc(F)cc4)o3)nc12. The minimum absolute atomic E-state index is 0.0115. The fraction of sp³-hybridized carbons (Fsp3) is 0.261. The second kappa shape index (κ2) is 8.08. The largest absolute Gasteiger partial charge is 0.501 e. The molecule has 1 N–H and O–H groups in total. The highest BCUT2D eigenvalue weighted by Gasteiger charge is 2.21. The Morgan fingerprint density at radius 1 is 1.19 bits per heavy atom. The smallest absolute Gasteiger partial charge is 0.300 e. The van der Waals surface area contributed by atoms with Gasteiger partial charge in [-0.05, 0) is 36.2 Å². The van der Waals surface area contributed by atoms with Gasteiger partial charge >= 0.3 is 5.56 Å². The molecule has 1 aromatic carbocycles. The third kappa shape index (κ3) is 3.71. The standard InChI is InChI=1S/C23H21FN4O4/c1-14-10-17(27-6-8-31-9-7-27)13-28-21(14)26-19(20(29)23(28)30)22-25-12-18(32-22)11-15-2-4-16(24)5-3-15/h2-5,10,12-13,29H,6-9,11H2,1H3. The molecule has 0 bridgehead atoms. The van der Waals surface area contributed by atoms with Gasteiger partial charge in [0, 0.05) is 25.7 Å². The summed E-state index contributed by atoms with van der Waals surface area (Å²) in [6.07, 6.45) is 3.58. The summed E-state index contributed by atoms with van der Waals surface area (Å²) in [6, 6.07) is 8.02. The summed E-state index contributed by atoms with van der Waals surface area (Å²) in [5.41, 5.74) is 2.30. The molecule has 1 saturated heterocycles. The van der Waals surface area contributed by atoms with Gasteiger partial charge in [0.15, 0.2) is 5.69 Å². The summed E-state index contributed by atoms with van der Waals surface area (Å²) in [6.45, 7) is 4.56. The lowest BCUT2D eigenvalue weighted by atomic mass is 10.1. The first-order valence-corrected chi connectivity index (χ1v) is 10.3. The van der Waals surface area contributed by atoms with Gasteiger partial charge in [-0.3, -0.25) is 9.20 Å². The number of anilines is 1. The molecule has 4 aromatic rings. The van der Waals surface area contributed by atoms with Crippen LogP contribution in [0.15, 0.2) is 51.9 Å². The summed E-state index contributed by atoms with van der Waals surface area (Å²) in [4.78, 5) is 23.8. The van der Waals surface area contributed by atoms with E-state index in [0.717, 1.165) is 29.9 Å². The minimum atomic E-state index is -0.596. The van der Waals surface area contributed by atoms with Crippen LogP contribution < -0.4 is 10.5 Å². The normalized spacial score (nSPS) is 14.2. The Labute approximate surface area is 182 Å². The van der Waals surface area contributed by atoms with Crippen LogP contribution in [0.4, 0.5) is 10.1 Å². The van der Waals surface area contributed by atoms with Crippen molar-refractivity contribution in [3.63, 3.8) is 0 Å². The number of oxazole rings is 1. The summed E-state index contributed by atoms with van der Waals surface area (Å²) >= 11 is 0. The number of ether oxygens (including phenoxy) is 1. The molecule has 0 spiro atoms. The number of aryl methyl sites for hydroxylation is 1. The number of fused-ring (bicyclic) bond motifs is 1. The molecule has 1 fully saturated rings. The van der Waals surface area contributed by atoms with Gasteiger partial charge in [0.05, 0.1) is 25.1 Å². The first kappa shape index (κ1) is 20.2. The number of aromatic hydroxyl groups is 1. The maximum Gasteiger partial charge on any atom is 0.300 e. The Bertz CT molecular complexity index is 1340. The highest BCUT2D eigenvalue weighted by atomic mass is 19.1. The number of benzene rings is 1. The lowest BCUT2D eigenvalue weighted by Gasteiger charge is -2.29. The zero-order valence-electron chi connectivity index (χ0n) is 17.4. The predicted octanol–water partition coefficient (Wildman–Crippen LogP) is 2.93. The molecule has 0 amide bonds. The first-order chi connectivity index (χ1) is 15.5. The highest BCUT2D eigenvalue weighted by molar-refractivity contribution is 5.65. The van der Waals surface area contributed by atoms with Crippen molar-refractivity contribution < 1.29 is 18.7 Å². The van der Waals surface area contributed by atoms with Crippen molar-refractivity contribution in [2.24, 2.45) is 0 Å². The van der Waals surface area contributed by atoms with Crippen molar-refractivity contribution >= 4 is 11.3 Å². The lowest BCUT2D eigenvalue weighted by Crippen LogP contribution is -2.36. The van der Waals surface area contributed by atoms with E-state index in [-0.39, 0.29) is 17.4 Å². The number of hydrogen-bond donors (Lipinski definition) is 1. The number of rotatable bonds is 4. The molecule has 0 radical (unpaired) electrons. The fourth-order valence-electron chi connectivity index (χ4n) is 3.82. The third-order valence-corrected chi connectivity index (χ3v) is 5.49. The molecule has 1 aliphatic rings. The van der Waals surface area contributed by atoms with Crippen LogP contribution in [-0.2, 0) is 11.2 Å². The van der Waals surface area contributed by atoms with Gasteiger partial charge in [-0.15, -0.1) is 0 Å². The Morgan fingerprint density at radius 2 is 1.94 bits per heavy atom. The van der Waals surface area contributed by atoms with Crippen molar-refractivity contribution in [2.45, 2.75) is 13.3 Å². The molecule has 8 nitrogen and oxygen atoms in total. The monoisotopic (exact) mass is 436 g/mol. The van der Waals surface area contributed by atoms with E-state index in [9.17, 15) is 14.3 Å². The first-order valence-electron chi connectivity index (χ1n) is 10.3. The van der Waals surface area contributed by atoms with E-state index in [2.05, 4.69) is 14.9 Å². The summed E-state index contributed by atoms with van der Waals surface area (Å²) in [7, 11) is 0.